The molecule has 1 atom stereocenters. The molecule has 0 aromatic carbocycles. The van der Waals surface area contributed by atoms with Crippen LogP contribution in [-0.2, 0) is 4.84 Å². The first-order valence-electron chi connectivity index (χ1n) is 4.48. The molecule has 2 aliphatic rings. The third-order valence-electron chi connectivity index (χ3n) is 2.63. The zero-order valence-electron chi connectivity index (χ0n) is 7.52. The third-order valence-corrected chi connectivity index (χ3v) is 2.63. The summed E-state index contributed by atoms with van der Waals surface area (Å²) in [5, 5.41) is 8.96. The van der Waals surface area contributed by atoms with Crippen LogP contribution in [0.5, 0.6) is 0 Å². The van der Waals surface area contributed by atoms with Crippen molar-refractivity contribution in [3.8, 4) is 0 Å². The van der Waals surface area contributed by atoms with Gasteiger partial charge in [0.2, 0.25) is 0 Å². The first kappa shape index (κ1) is 8.96. The van der Waals surface area contributed by atoms with Gasteiger partial charge in [-0.3, -0.25) is 9.74 Å². The van der Waals surface area contributed by atoms with E-state index in [1.165, 1.54) is 5.70 Å². The zero-order chi connectivity index (χ0) is 9.26. The second-order valence-electron chi connectivity index (χ2n) is 3.47. The number of aliphatic hydroxyl groups is 1. The average molecular weight is 185 g/mol. The Bertz CT molecular complexity index is 219. The molecule has 3 N–H and O–H groups in total. The Kier molecular flexibility index (Phi) is 2.50. The minimum absolute atomic E-state index is 0.0219. The summed E-state index contributed by atoms with van der Waals surface area (Å²) < 4.78 is 0. The van der Waals surface area contributed by atoms with Crippen molar-refractivity contribution in [2.45, 2.75) is 6.10 Å². The van der Waals surface area contributed by atoms with E-state index in [9.17, 15) is 0 Å². The number of nitrogens with zero attached hydrogens (tertiary/aromatic N) is 2. The highest BCUT2D eigenvalue weighted by Crippen LogP contribution is 2.20. The molecule has 5 heteroatoms. The minimum Gasteiger partial charge on any atom is -0.381 e. The zero-order valence-corrected chi connectivity index (χ0v) is 7.52. The van der Waals surface area contributed by atoms with Gasteiger partial charge in [-0.25, -0.2) is 5.90 Å². The number of aliphatic hydroxyl groups excluding tert-OH is 1. The van der Waals surface area contributed by atoms with Crippen LogP contribution in [0.3, 0.4) is 0 Å². The summed E-state index contributed by atoms with van der Waals surface area (Å²) in [6.07, 6.45) is 2.05. The molecule has 13 heavy (non-hydrogen) atoms. The van der Waals surface area contributed by atoms with Gasteiger partial charge < -0.3 is 10.0 Å². The maximum atomic E-state index is 8.96. The van der Waals surface area contributed by atoms with E-state index in [2.05, 4.69) is 4.90 Å². The molecule has 74 valence electrons. The van der Waals surface area contributed by atoms with E-state index in [-0.39, 0.29) is 12.8 Å². The molecule has 5 nitrogen and oxygen atoms in total. The quantitative estimate of drug-likeness (QED) is 0.524. The molecular weight excluding hydrogens is 170 g/mol. The molecule has 0 aliphatic carbocycles. The van der Waals surface area contributed by atoms with Crippen molar-refractivity contribution < 1.29 is 9.94 Å². The van der Waals surface area contributed by atoms with Crippen molar-refractivity contribution >= 4 is 0 Å². The van der Waals surface area contributed by atoms with Gasteiger partial charge >= 0.3 is 0 Å². The van der Waals surface area contributed by atoms with E-state index >= 15 is 0 Å². The fourth-order valence-electron chi connectivity index (χ4n) is 1.87. The van der Waals surface area contributed by atoms with Crippen molar-refractivity contribution in [1.29, 1.82) is 0 Å². The lowest BCUT2D eigenvalue weighted by Crippen LogP contribution is -2.44. The summed E-state index contributed by atoms with van der Waals surface area (Å²) in [6.45, 7) is 3.64. The molecule has 2 rings (SSSR count). The number of piperazine rings is 1. The van der Waals surface area contributed by atoms with Gasteiger partial charge in [0.1, 0.15) is 6.10 Å². The summed E-state index contributed by atoms with van der Waals surface area (Å²) in [7, 11) is 0. The second kappa shape index (κ2) is 3.63. The summed E-state index contributed by atoms with van der Waals surface area (Å²) in [5.41, 5.74) is 1.22. The molecule has 0 amide bonds. The van der Waals surface area contributed by atoms with E-state index < -0.39 is 0 Å². The molecule has 1 fully saturated rings. The summed E-state index contributed by atoms with van der Waals surface area (Å²) in [4.78, 5) is 9.01. The van der Waals surface area contributed by atoms with E-state index in [0.717, 1.165) is 26.2 Å². The van der Waals surface area contributed by atoms with Crippen LogP contribution in [-0.4, -0.2) is 53.9 Å². The van der Waals surface area contributed by atoms with Crippen molar-refractivity contribution in [2.24, 2.45) is 5.90 Å². The van der Waals surface area contributed by atoms with Gasteiger partial charge in [-0.1, -0.05) is 0 Å². The SMILES string of the molecule is NOC1C=C2CN(CO)CCN2C1. The second-order valence-corrected chi connectivity index (χ2v) is 3.47. The van der Waals surface area contributed by atoms with Gasteiger partial charge in [0.25, 0.3) is 0 Å². The molecule has 2 aliphatic heterocycles. The first-order valence-corrected chi connectivity index (χ1v) is 4.48. The monoisotopic (exact) mass is 185 g/mol. The Morgan fingerprint density at radius 3 is 3.15 bits per heavy atom. The maximum absolute atomic E-state index is 8.96. The standard InChI is InChI=1S/C8H15N3O2/c9-13-8-3-7-4-10(6-12)1-2-11(7)5-8/h3,8,12H,1-2,4-6,9H2. The van der Waals surface area contributed by atoms with Crippen LogP contribution in [0.2, 0.25) is 0 Å². The van der Waals surface area contributed by atoms with E-state index in [1.54, 1.807) is 0 Å². The van der Waals surface area contributed by atoms with Crippen LogP contribution in [0, 0.1) is 0 Å². The number of hydrogen-bond acceptors (Lipinski definition) is 5. The van der Waals surface area contributed by atoms with Gasteiger partial charge in [0, 0.05) is 31.9 Å². The highest BCUT2D eigenvalue weighted by atomic mass is 16.6. The molecule has 0 aromatic heterocycles. The molecule has 2 heterocycles. The number of hydrogen-bond donors (Lipinski definition) is 2. The summed E-state index contributed by atoms with van der Waals surface area (Å²) >= 11 is 0. The molecule has 1 saturated heterocycles. The number of fused-ring (bicyclic) bond motifs is 1. The summed E-state index contributed by atoms with van der Waals surface area (Å²) in [6, 6.07) is 0. The summed E-state index contributed by atoms with van der Waals surface area (Å²) in [5.74, 6) is 5.12. The number of rotatable bonds is 2. The van der Waals surface area contributed by atoms with Gasteiger partial charge in [-0.15, -0.1) is 0 Å². The first-order chi connectivity index (χ1) is 6.33. The molecule has 0 radical (unpaired) electrons. The molecular formula is C8H15N3O2. The predicted molar refractivity (Wildman–Crippen MR) is 47.4 cm³/mol. The predicted octanol–water partition coefficient (Wildman–Crippen LogP) is -1.29. The lowest BCUT2D eigenvalue weighted by Gasteiger charge is -2.34. The Balaban J connectivity index is 2.00. The largest absolute Gasteiger partial charge is 0.381 e. The van der Waals surface area contributed by atoms with E-state index in [4.69, 9.17) is 15.8 Å². The lowest BCUT2D eigenvalue weighted by atomic mass is 10.3. The third kappa shape index (κ3) is 1.68. The fraction of sp³-hybridized carbons (Fsp3) is 0.750. The Labute approximate surface area is 77.3 Å². The van der Waals surface area contributed by atoms with Crippen molar-refractivity contribution in [3.05, 3.63) is 11.8 Å². The van der Waals surface area contributed by atoms with Crippen LogP contribution < -0.4 is 5.90 Å². The van der Waals surface area contributed by atoms with E-state index in [1.807, 2.05) is 11.0 Å². The molecule has 0 aromatic rings. The minimum atomic E-state index is 0.0219. The van der Waals surface area contributed by atoms with Crippen molar-refractivity contribution in [2.75, 3.05) is 32.9 Å². The van der Waals surface area contributed by atoms with Crippen LogP contribution in [0.25, 0.3) is 0 Å². The fourth-order valence-corrected chi connectivity index (χ4v) is 1.87. The van der Waals surface area contributed by atoms with Gasteiger partial charge in [0.15, 0.2) is 0 Å². The molecule has 0 saturated carbocycles. The van der Waals surface area contributed by atoms with Gasteiger partial charge in [0.05, 0.1) is 6.73 Å². The molecule has 1 unspecified atom stereocenters. The lowest BCUT2D eigenvalue weighted by molar-refractivity contribution is 0.0564. The topological polar surface area (TPSA) is 62.0 Å². The Morgan fingerprint density at radius 1 is 1.62 bits per heavy atom. The van der Waals surface area contributed by atoms with Crippen molar-refractivity contribution in [3.63, 3.8) is 0 Å². The van der Waals surface area contributed by atoms with Crippen LogP contribution >= 0.6 is 0 Å². The Morgan fingerprint density at radius 2 is 2.46 bits per heavy atom. The smallest absolute Gasteiger partial charge is 0.116 e. The van der Waals surface area contributed by atoms with Crippen molar-refractivity contribution in [1.82, 2.24) is 9.80 Å². The number of nitrogens with two attached hydrogens (primary N) is 1. The highest BCUT2D eigenvalue weighted by Gasteiger charge is 2.28. The Hall–Kier alpha value is -0.620. The average Bonchev–Trinajstić information content (AvgIpc) is 2.58. The van der Waals surface area contributed by atoms with Crippen LogP contribution in [0.1, 0.15) is 0 Å². The highest BCUT2D eigenvalue weighted by molar-refractivity contribution is 5.16. The van der Waals surface area contributed by atoms with Crippen LogP contribution in [0.15, 0.2) is 11.8 Å². The van der Waals surface area contributed by atoms with Crippen LogP contribution in [0.4, 0.5) is 0 Å². The molecule has 0 bridgehead atoms. The molecule has 0 spiro atoms. The van der Waals surface area contributed by atoms with Gasteiger partial charge in [-0.2, -0.15) is 0 Å². The normalized spacial score (nSPS) is 28.9. The maximum Gasteiger partial charge on any atom is 0.116 e. The van der Waals surface area contributed by atoms with Gasteiger partial charge in [-0.05, 0) is 6.08 Å². The van der Waals surface area contributed by atoms with E-state index in [0.29, 0.717) is 0 Å².